The van der Waals surface area contributed by atoms with Crippen LogP contribution in [0.1, 0.15) is 20.8 Å². The van der Waals surface area contributed by atoms with E-state index >= 15 is 0 Å². The van der Waals surface area contributed by atoms with E-state index in [0.29, 0.717) is 18.3 Å². The molecule has 1 aliphatic rings. The fourth-order valence-electron chi connectivity index (χ4n) is 1.49. The maximum atomic E-state index is 11.7. The van der Waals surface area contributed by atoms with E-state index in [-0.39, 0.29) is 17.7 Å². The van der Waals surface area contributed by atoms with Gasteiger partial charge >= 0.3 is 6.03 Å². The van der Waals surface area contributed by atoms with Crippen LogP contribution in [0.3, 0.4) is 0 Å². The Balaban J connectivity index is 1.73. The molecule has 2 amide bonds. The molecule has 1 aromatic rings. The van der Waals surface area contributed by atoms with Gasteiger partial charge in [-0.1, -0.05) is 11.3 Å². The lowest BCUT2D eigenvalue weighted by Gasteiger charge is -2.39. The third-order valence-corrected chi connectivity index (χ3v) is 2.96. The van der Waals surface area contributed by atoms with Crippen molar-refractivity contribution in [3.63, 3.8) is 0 Å². The van der Waals surface area contributed by atoms with Crippen molar-refractivity contribution in [1.29, 1.82) is 0 Å². The van der Waals surface area contributed by atoms with Crippen molar-refractivity contribution in [2.24, 2.45) is 0 Å². The van der Waals surface area contributed by atoms with Crippen molar-refractivity contribution in [2.75, 3.05) is 13.1 Å². The maximum absolute atomic E-state index is 11.7. The molecule has 1 saturated heterocycles. The van der Waals surface area contributed by atoms with E-state index in [0.717, 1.165) is 0 Å². The highest BCUT2D eigenvalue weighted by atomic mass is 32.1. The number of likely N-dealkylation sites (tertiary alicyclic amines) is 1. The fraction of sp³-hybridized carbons (Fsp3) is 0.636. The average molecular weight is 255 g/mol. The third-order valence-electron chi connectivity index (χ3n) is 2.29. The molecule has 1 aromatic heterocycles. The fourth-order valence-corrected chi connectivity index (χ4v) is 2.04. The molecule has 0 aromatic carbocycles. The maximum Gasteiger partial charge on any atom is 0.318 e. The molecule has 5 nitrogen and oxygen atoms in total. The molecule has 2 rings (SSSR count). The minimum atomic E-state index is -0.196. The third kappa shape index (κ3) is 3.33. The number of amides is 2. The highest BCUT2D eigenvalue weighted by Gasteiger charge is 2.33. The molecule has 6 heteroatoms. The van der Waals surface area contributed by atoms with E-state index in [1.165, 1.54) is 11.3 Å². The predicted octanol–water partition coefficient (Wildman–Crippen LogP) is 1.71. The molecule has 94 valence electrons. The van der Waals surface area contributed by atoms with E-state index in [2.05, 4.69) is 10.3 Å². The van der Waals surface area contributed by atoms with Crippen LogP contribution in [0.15, 0.2) is 11.6 Å². The summed E-state index contributed by atoms with van der Waals surface area (Å²) >= 11 is 1.47. The smallest absolute Gasteiger partial charge is 0.318 e. The summed E-state index contributed by atoms with van der Waals surface area (Å²) in [6, 6.07) is -0.0310. The van der Waals surface area contributed by atoms with Gasteiger partial charge < -0.3 is 15.0 Å². The normalized spacial score (nSPS) is 16.5. The van der Waals surface area contributed by atoms with Gasteiger partial charge in [-0.3, -0.25) is 0 Å². The monoisotopic (exact) mass is 255 g/mol. The summed E-state index contributed by atoms with van der Waals surface area (Å²) in [5.74, 6) is 0. The lowest BCUT2D eigenvalue weighted by Crippen LogP contribution is -2.61. The number of aromatic nitrogens is 1. The van der Waals surface area contributed by atoms with Crippen molar-refractivity contribution in [1.82, 2.24) is 15.2 Å². The molecule has 0 saturated carbocycles. The highest BCUT2D eigenvalue weighted by molar-refractivity contribution is 7.11. The molecule has 0 spiro atoms. The number of thiazole rings is 1. The van der Waals surface area contributed by atoms with Crippen LogP contribution < -0.4 is 10.1 Å². The highest BCUT2D eigenvalue weighted by Crippen LogP contribution is 2.20. The van der Waals surface area contributed by atoms with Crippen LogP contribution in [0.4, 0.5) is 4.79 Å². The number of hydrogen-bond acceptors (Lipinski definition) is 4. The number of carbonyl (C=O) groups excluding carboxylic acids is 1. The molecule has 0 aliphatic carbocycles. The molecule has 0 bridgehead atoms. The zero-order valence-electron chi connectivity index (χ0n) is 10.3. The van der Waals surface area contributed by atoms with Gasteiger partial charge in [0.1, 0.15) is 6.10 Å². The Hall–Kier alpha value is -1.30. The molecule has 0 unspecified atom stereocenters. The predicted molar refractivity (Wildman–Crippen MR) is 66.4 cm³/mol. The number of hydrogen-bond donors (Lipinski definition) is 1. The molecule has 2 heterocycles. The van der Waals surface area contributed by atoms with Crippen LogP contribution in [0, 0.1) is 0 Å². The van der Waals surface area contributed by atoms with Crippen LogP contribution >= 0.6 is 11.3 Å². The Morgan fingerprint density at radius 2 is 2.29 bits per heavy atom. The Morgan fingerprint density at radius 1 is 1.59 bits per heavy atom. The molecular formula is C11H17N3O2S. The number of urea groups is 1. The van der Waals surface area contributed by atoms with Gasteiger partial charge in [0.05, 0.1) is 13.1 Å². The average Bonchev–Trinajstić information content (AvgIpc) is 2.59. The summed E-state index contributed by atoms with van der Waals surface area (Å²) in [6.07, 6.45) is 1.79. The van der Waals surface area contributed by atoms with Gasteiger partial charge in [0, 0.05) is 17.1 Å². The topological polar surface area (TPSA) is 54.5 Å². The van der Waals surface area contributed by atoms with Gasteiger partial charge in [0.25, 0.3) is 5.19 Å². The Kier molecular flexibility index (Phi) is 3.24. The Morgan fingerprint density at radius 3 is 2.82 bits per heavy atom. The first-order valence-electron chi connectivity index (χ1n) is 5.57. The number of carbonyl (C=O) groups is 1. The van der Waals surface area contributed by atoms with Gasteiger partial charge in [0.15, 0.2) is 0 Å². The zero-order chi connectivity index (χ0) is 12.5. The van der Waals surface area contributed by atoms with Crippen molar-refractivity contribution in [3.8, 4) is 5.19 Å². The van der Waals surface area contributed by atoms with E-state index in [4.69, 9.17) is 4.74 Å². The minimum Gasteiger partial charge on any atom is -0.463 e. The van der Waals surface area contributed by atoms with Crippen LogP contribution in [0.5, 0.6) is 5.19 Å². The Labute approximate surface area is 105 Å². The molecule has 1 aliphatic heterocycles. The molecule has 0 atom stereocenters. The van der Waals surface area contributed by atoms with Crippen molar-refractivity contribution in [3.05, 3.63) is 11.6 Å². The first kappa shape index (κ1) is 12.2. The molecule has 1 fully saturated rings. The summed E-state index contributed by atoms with van der Waals surface area (Å²) in [6.45, 7) is 7.15. The first-order valence-corrected chi connectivity index (χ1v) is 6.45. The van der Waals surface area contributed by atoms with Crippen molar-refractivity contribution < 1.29 is 9.53 Å². The SMILES string of the molecule is CC(C)(C)NC(=O)N1CC(Oc2nccs2)C1. The van der Waals surface area contributed by atoms with E-state index < -0.39 is 0 Å². The summed E-state index contributed by atoms with van der Waals surface area (Å²) in [4.78, 5) is 17.5. The number of nitrogens with zero attached hydrogens (tertiary/aromatic N) is 2. The summed E-state index contributed by atoms with van der Waals surface area (Å²) in [7, 11) is 0. The van der Waals surface area contributed by atoms with Gasteiger partial charge in [0.2, 0.25) is 0 Å². The zero-order valence-corrected chi connectivity index (χ0v) is 11.1. The van der Waals surface area contributed by atoms with Gasteiger partial charge in [-0.15, -0.1) is 0 Å². The van der Waals surface area contributed by atoms with Crippen LogP contribution in [0.25, 0.3) is 0 Å². The second-order valence-corrected chi connectivity index (χ2v) is 5.98. The van der Waals surface area contributed by atoms with Gasteiger partial charge in [-0.2, -0.15) is 0 Å². The standard InChI is InChI=1S/C11H17N3O2S/c1-11(2,3)13-9(15)14-6-8(7-14)16-10-12-4-5-17-10/h4-5,8H,6-7H2,1-3H3,(H,13,15). The molecule has 0 radical (unpaired) electrons. The van der Waals surface area contributed by atoms with E-state index in [1.54, 1.807) is 11.1 Å². The van der Waals surface area contributed by atoms with Gasteiger partial charge in [-0.05, 0) is 20.8 Å². The van der Waals surface area contributed by atoms with Crippen molar-refractivity contribution in [2.45, 2.75) is 32.4 Å². The Bertz CT molecular complexity index is 380. The van der Waals surface area contributed by atoms with Crippen LogP contribution in [-0.2, 0) is 0 Å². The number of nitrogens with one attached hydrogen (secondary N) is 1. The molecular weight excluding hydrogens is 238 g/mol. The van der Waals surface area contributed by atoms with Crippen LogP contribution in [-0.4, -0.2) is 40.6 Å². The quantitative estimate of drug-likeness (QED) is 0.875. The minimum absolute atomic E-state index is 0.0310. The summed E-state index contributed by atoms with van der Waals surface area (Å²) < 4.78 is 5.59. The summed E-state index contributed by atoms with van der Waals surface area (Å²) in [5.41, 5.74) is -0.196. The molecule has 17 heavy (non-hydrogen) atoms. The first-order chi connectivity index (χ1) is 7.94. The lowest BCUT2D eigenvalue weighted by molar-refractivity contribution is 0.0421. The number of rotatable bonds is 2. The second-order valence-electron chi connectivity index (χ2n) is 5.12. The lowest BCUT2D eigenvalue weighted by atomic mass is 10.1. The number of ether oxygens (including phenoxy) is 1. The largest absolute Gasteiger partial charge is 0.463 e. The summed E-state index contributed by atoms with van der Waals surface area (Å²) in [5, 5.41) is 5.46. The molecule has 1 N–H and O–H groups in total. The van der Waals surface area contributed by atoms with E-state index in [1.807, 2.05) is 26.2 Å². The van der Waals surface area contributed by atoms with Crippen LogP contribution in [0.2, 0.25) is 0 Å². The van der Waals surface area contributed by atoms with E-state index in [9.17, 15) is 4.79 Å². The second kappa shape index (κ2) is 4.52. The van der Waals surface area contributed by atoms with Gasteiger partial charge in [-0.25, -0.2) is 9.78 Å². The van der Waals surface area contributed by atoms with Crippen molar-refractivity contribution >= 4 is 17.4 Å².